The van der Waals surface area contributed by atoms with E-state index in [2.05, 4.69) is 0 Å². The Morgan fingerprint density at radius 3 is 2.70 bits per heavy atom. The molecule has 0 saturated heterocycles. The SMILES string of the molecule is Cc1cc(Cl)ccc1Oc1c(F)cccc1CC(C)N. The molecule has 0 bridgehead atoms. The normalized spacial score (nSPS) is 12.2. The minimum absolute atomic E-state index is 0.0644. The Hall–Kier alpha value is -1.58. The van der Waals surface area contributed by atoms with Gasteiger partial charge in [0.1, 0.15) is 5.75 Å². The van der Waals surface area contributed by atoms with Crippen molar-refractivity contribution in [3.8, 4) is 11.5 Å². The van der Waals surface area contributed by atoms with E-state index in [1.54, 1.807) is 24.3 Å². The predicted octanol–water partition coefficient (Wildman–Crippen LogP) is 4.47. The molecule has 1 unspecified atom stereocenters. The van der Waals surface area contributed by atoms with Crippen molar-refractivity contribution in [1.29, 1.82) is 0 Å². The van der Waals surface area contributed by atoms with Crippen molar-refractivity contribution in [3.05, 3.63) is 58.4 Å². The van der Waals surface area contributed by atoms with Gasteiger partial charge in [-0.25, -0.2) is 4.39 Å². The van der Waals surface area contributed by atoms with Gasteiger partial charge in [0.15, 0.2) is 11.6 Å². The van der Waals surface area contributed by atoms with E-state index in [1.165, 1.54) is 6.07 Å². The van der Waals surface area contributed by atoms with E-state index in [9.17, 15) is 4.39 Å². The summed E-state index contributed by atoms with van der Waals surface area (Å²) in [5.41, 5.74) is 7.40. The first-order valence-corrected chi connectivity index (χ1v) is 6.82. The fourth-order valence-corrected chi connectivity index (χ4v) is 2.24. The van der Waals surface area contributed by atoms with Crippen molar-refractivity contribution in [2.45, 2.75) is 26.3 Å². The monoisotopic (exact) mass is 293 g/mol. The highest BCUT2D eigenvalue weighted by molar-refractivity contribution is 6.30. The fourth-order valence-electron chi connectivity index (χ4n) is 2.01. The lowest BCUT2D eigenvalue weighted by Crippen LogP contribution is -2.18. The van der Waals surface area contributed by atoms with Crippen LogP contribution in [0.1, 0.15) is 18.1 Å². The summed E-state index contributed by atoms with van der Waals surface area (Å²) in [4.78, 5) is 0. The Labute approximate surface area is 123 Å². The lowest BCUT2D eigenvalue weighted by Gasteiger charge is -2.15. The highest BCUT2D eigenvalue weighted by Gasteiger charge is 2.13. The Kier molecular flexibility index (Phi) is 4.63. The molecule has 0 aliphatic rings. The van der Waals surface area contributed by atoms with E-state index >= 15 is 0 Å². The Morgan fingerprint density at radius 2 is 2.05 bits per heavy atom. The maximum absolute atomic E-state index is 14.0. The van der Waals surface area contributed by atoms with Crippen LogP contribution in [0.3, 0.4) is 0 Å². The Morgan fingerprint density at radius 1 is 1.30 bits per heavy atom. The molecule has 0 amide bonds. The molecule has 0 aromatic heterocycles. The zero-order chi connectivity index (χ0) is 14.7. The minimum Gasteiger partial charge on any atom is -0.454 e. The molecular formula is C16H17ClFNO. The van der Waals surface area contributed by atoms with Gasteiger partial charge in [-0.1, -0.05) is 23.7 Å². The van der Waals surface area contributed by atoms with Gasteiger partial charge in [-0.3, -0.25) is 0 Å². The van der Waals surface area contributed by atoms with Crippen LogP contribution in [0.2, 0.25) is 5.02 Å². The first kappa shape index (κ1) is 14.8. The van der Waals surface area contributed by atoms with E-state index < -0.39 is 5.82 Å². The summed E-state index contributed by atoms with van der Waals surface area (Å²) < 4.78 is 19.7. The Balaban J connectivity index is 2.37. The van der Waals surface area contributed by atoms with E-state index in [4.69, 9.17) is 22.1 Å². The molecule has 0 saturated carbocycles. The fraction of sp³-hybridized carbons (Fsp3) is 0.250. The summed E-state index contributed by atoms with van der Waals surface area (Å²) in [6.45, 7) is 3.75. The topological polar surface area (TPSA) is 35.2 Å². The van der Waals surface area contributed by atoms with Gasteiger partial charge in [0.05, 0.1) is 0 Å². The molecule has 2 N–H and O–H groups in total. The van der Waals surface area contributed by atoms with Crippen LogP contribution in [0.25, 0.3) is 0 Å². The third-order valence-electron chi connectivity index (χ3n) is 2.94. The summed E-state index contributed by atoms with van der Waals surface area (Å²) in [6.07, 6.45) is 0.555. The van der Waals surface area contributed by atoms with Crippen LogP contribution in [-0.4, -0.2) is 6.04 Å². The molecule has 0 heterocycles. The quantitative estimate of drug-likeness (QED) is 0.902. The lowest BCUT2D eigenvalue weighted by atomic mass is 10.1. The third-order valence-corrected chi connectivity index (χ3v) is 3.17. The number of para-hydroxylation sites is 1. The molecule has 0 aliphatic heterocycles. The zero-order valence-corrected chi connectivity index (χ0v) is 12.2. The van der Waals surface area contributed by atoms with Crippen LogP contribution in [0, 0.1) is 12.7 Å². The van der Waals surface area contributed by atoms with Crippen LogP contribution in [0.5, 0.6) is 11.5 Å². The van der Waals surface area contributed by atoms with E-state index in [0.717, 1.165) is 11.1 Å². The van der Waals surface area contributed by atoms with Crippen molar-refractivity contribution in [2.75, 3.05) is 0 Å². The molecule has 2 aromatic rings. The van der Waals surface area contributed by atoms with Crippen LogP contribution >= 0.6 is 11.6 Å². The van der Waals surface area contributed by atoms with E-state index in [-0.39, 0.29) is 11.8 Å². The van der Waals surface area contributed by atoms with Crippen molar-refractivity contribution >= 4 is 11.6 Å². The minimum atomic E-state index is -0.391. The second-order valence-corrected chi connectivity index (χ2v) is 5.36. The molecule has 2 nitrogen and oxygen atoms in total. The van der Waals surface area contributed by atoms with Gasteiger partial charge < -0.3 is 10.5 Å². The van der Waals surface area contributed by atoms with Crippen LogP contribution in [0.4, 0.5) is 4.39 Å². The van der Waals surface area contributed by atoms with Gasteiger partial charge in [0.2, 0.25) is 0 Å². The highest BCUT2D eigenvalue weighted by atomic mass is 35.5. The third kappa shape index (κ3) is 3.50. The number of ether oxygens (including phenoxy) is 1. The first-order chi connectivity index (χ1) is 9.47. The average Bonchev–Trinajstić information content (AvgIpc) is 2.35. The lowest BCUT2D eigenvalue weighted by molar-refractivity contribution is 0.432. The highest BCUT2D eigenvalue weighted by Crippen LogP contribution is 2.32. The number of nitrogens with two attached hydrogens (primary N) is 1. The number of aryl methyl sites for hydroxylation is 1. The smallest absolute Gasteiger partial charge is 0.166 e. The van der Waals surface area contributed by atoms with Crippen LogP contribution in [0.15, 0.2) is 36.4 Å². The number of hydrogen-bond acceptors (Lipinski definition) is 2. The predicted molar refractivity (Wildman–Crippen MR) is 80.0 cm³/mol. The van der Waals surface area contributed by atoms with E-state index in [0.29, 0.717) is 17.2 Å². The number of halogens is 2. The van der Waals surface area contributed by atoms with Crippen molar-refractivity contribution < 1.29 is 9.13 Å². The van der Waals surface area contributed by atoms with Gasteiger partial charge in [0, 0.05) is 11.1 Å². The molecule has 1 atom stereocenters. The molecule has 0 fully saturated rings. The molecule has 4 heteroatoms. The molecule has 106 valence electrons. The van der Waals surface area contributed by atoms with Gasteiger partial charge in [0.25, 0.3) is 0 Å². The summed E-state index contributed by atoms with van der Waals surface area (Å²) in [7, 11) is 0. The van der Waals surface area contributed by atoms with Gasteiger partial charge >= 0.3 is 0 Å². The van der Waals surface area contributed by atoms with Crippen molar-refractivity contribution in [2.24, 2.45) is 5.73 Å². The maximum atomic E-state index is 14.0. The summed E-state index contributed by atoms with van der Waals surface area (Å²) >= 11 is 5.91. The van der Waals surface area contributed by atoms with Crippen LogP contribution in [-0.2, 0) is 6.42 Å². The zero-order valence-electron chi connectivity index (χ0n) is 11.5. The van der Waals surface area contributed by atoms with Gasteiger partial charge in [-0.2, -0.15) is 0 Å². The largest absolute Gasteiger partial charge is 0.454 e. The second-order valence-electron chi connectivity index (χ2n) is 4.92. The molecule has 0 spiro atoms. The second kappa shape index (κ2) is 6.25. The molecule has 20 heavy (non-hydrogen) atoms. The van der Waals surface area contributed by atoms with Crippen molar-refractivity contribution in [1.82, 2.24) is 0 Å². The summed E-state index contributed by atoms with van der Waals surface area (Å²) in [6, 6.07) is 10.0. The first-order valence-electron chi connectivity index (χ1n) is 6.44. The molecule has 2 aromatic carbocycles. The number of benzene rings is 2. The average molecular weight is 294 g/mol. The Bertz CT molecular complexity index is 613. The van der Waals surface area contributed by atoms with Crippen LogP contribution < -0.4 is 10.5 Å². The van der Waals surface area contributed by atoms with Crippen molar-refractivity contribution in [3.63, 3.8) is 0 Å². The standard InChI is InChI=1S/C16H17ClFNO/c1-10-8-13(17)6-7-15(10)20-16-12(9-11(2)19)4-3-5-14(16)18/h3-8,11H,9,19H2,1-2H3. The number of rotatable bonds is 4. The number of hydrogen-bond donors (Lipinski definition) is 1. The summed E-state index contributed by atoms with van der Waals surface area (Å²) in [5, 5.41) is 0.624. The van der Waals surface area contributed by atoms with Gasteiger partial charge in [-0.05, 0) is 55.7 Å². The summed E-state index contributed by atoms with van der Waals surface area (Å²) in [5.74, 6) is 0.429. The van der Waals surface area contributed by atoms with E-state index in [1.807, 2.05) is 19.9 Å². The molecule has 0 radical (unpaired) electrons. The molecular weight excluding hydrogens is 277 g/mol. The maximum Gasteiger partial charge on any atom is 0.166 e. The van der Waals surface area contributed by atoms with Gasteiger partial charge in [-0.15, -0.1) is 0 Å². The molecule has 2 rings (SSSR count). The molecule has 0 aliphatic carbocycles.